The molecule has 0 bridgehead atoms. The molecule has 0 radical (unpaired) electrons. The number of hydrogen-bond donors (Lipinski definition) is 1. The number of benzene rings is 2. The molecule has 4 rings (SSSR count). The lowest BCUT2D eigenvalue weighted by Gasteiger charge is -2.11. The number of ether oxygens (including phenoxy) is 1. The number of nitrogens with zero attached hydrogens (tertiary/aromatic N) is 2. The molecule has 0 saturated heterocycles. The number of nitrogen functional groups attached to an aromatic ring is 1. The molecule has 0 unspecified atom stereocenters. The normalized spacial score (nSPS) is 11.2. The molecule has 0 atom stereocenters. The first-order chi connectivity index (χ1) is 15.4. The van der Waals surface area contributed by atoms with E-state index in [2.05, 4.69) is 27.8 Å². The molecule has 0 aliphatic carbocycles. The van der Waals surface area contributed by atoms with E-state index < -0.39 is 5.97 Å². The molecule has 2 N–H and O–H groups in total. The van der Waals surface area contributed by atoms with Crippen LogP contribution in [0.2, 0.25) is 5.15 Å². The molecule has 0 amide bonds. The number of carbonyl (C=O) groups is 1. The summed E-state index contributed by atoms with van der Waals surface area (Å²) in [6.07, 6.45) is 1.58. The van der Waals surface area contributed by atoms with Crippen molar-refractivity contribution in [2.45, 2.75) is 33.2 Å². The zero-order valence-corrected chi connectivity index (χ0v) is 20.2. The molecule has 0 aliphatic rings. The van der Waals surface area contributed by atoms with E-state index >= 15 is 0 Å². The lowest BCUT2D eigenvalue weighted by Crippen LogP contribution is -2.15. The van der Waals surface area contributed by atoms with Crippen molar-refractivity contribution < 1.29 is 13.9 Å². The van der Waals surface area contributed by atoms with Gasteiger partial charge < -0.3 is 19.5 Å². The molecular formula is C24H23BrClN3O3. The van der Waals surface area contributed by atoms with Crippen LogP contribution in [0, 0.1) is 0 Å². The number of esters is 1. The summed E-state index contributed by atoms with van der Waals surface area (Å²) in [5, 5.41) is 1.08. The van der Waals surface area contributed by atoms with E-state index in [0.717, 1.165) is 38.8 Å². The predicted octanol–water partition coefficient (Wildman–Crippen LogP) is 6.47. The van der Waals surface area contributed by atoms with Crippen LogP contribution < -0.4 is 5.73 Å². The maximum atomic E-state index is 12.6. The van der Waals surface area contributed by atoms with Crippen molar-refractivity contribution in [3.63, 3.8) is 0 Å². The maximum absolute atomic E-state index is 12.6. The number of imidazole rings is 1. The van der Waals surface area contributed by atoms with Gasteiger partial charge in [0.05, 0.1) is 11.1 Å². The van der Waals surface area contributed by atoms with Crippen molar-refractivity contribution in [3.8, 4) is 11.3 Å². The molecule has 2 heterocycles. The van der Waals surface area contributed by atoms with Crippen LogP contribution in [0.3, 0.4) is 0 Å². The van der Waals surface area contributed by atoms with Gasteiger partial charge in [0.2, 0.25) is 0 Å². The van der Waals surface area contributed by atoms with Gasteiger partial charge >= 0.3 is 5.97 Å². The summed E-state index contributed by atoms with van der Waals surface area (Å²) in [5.74, 6) is 0.962. The summed E-state index contributed by atoms with van der Waals surface area (Å²) in [7, 11) is 0. The summed E-state index contributed by atoms with van der Waals surface area (Å²) < 4.78 is 14.0. The highest BCUT2D eigenvalue weighted by Gasteiger charge is 2.23. The van der Waals surface area contributed by atoms with Crippen LogP contribution in [-0.4, -0.2) is 22.1 Å². The van der Waals surface area contributed by atoms with Crippen molar-refractivity contribution in [1.82, 2.24) is 9.55 Å². The number of nitrogens with two attached hydrogens (primary N) is 1. The average Bonchev–Trinajstić information content (AvgIpc) is 3.25. The summed E-state index contributed by atoms with van der Waals surface area (Å²) in [6, 6.07) is 13.5. The van der Waals surface area contributed by atoms with Gasteiger partial charge in [0, 0.05) is 29.6 Å². The van der Waals surface area contributed by atoms with Crippen LogP contribution >= 0.6 is 27.5 Å². The van der Waals surface area contributed by atoms with Crippen molar-refractivity contribution in [2.75, 3.05) is 12.3 Å². The van der Waals surface area contributed by atoms with E-state index in [-0.39, 0.29) is 17.5 Å². The largest absolute Gasteiger partial charge is 0.461 e. The zero-order chi connectivity index (χ0) is 22.8. The second-order valence-electron chi connectivity index (χ2n) is 7.39. The van der Waals surface area contributed by atoms with E-state index in [9.17, 15) is 4.79 Å². The lowest BCUT2D eigenvalue weighted by atomic mass is 10.1. The van der Waals surface area contributed by atoms with Crippen LogP contribution in [0.5, 0.6) is 0 Å². The monoisotopic (exact) mass is 515 g/mol. The standard InChI is InChI=1S/C24H23BrClN3O3/c1-3-7-19-28-23(26)21(24(30)31-4-2)29(19)13-14-10-11-18-16(12-14)20(25)22(32-18)15-8-5-6-9-17(15)27/h5-6,8-12H,3-4,7,13,27H2,1-2H3. The number of rotatable bonds is 7. The molecule has 6 nitrogen and oxygen atoms in total. The molecule has 4 aromatic rings. The minimum atomic E-state index is -0.472. The van der Waals surface area contributed by atoms with Crippen molar-refractivity contribution in [1.29, 1.82) is 0 Å². The molecule has 0 saturated carbocycles. The third-order valence-electron chi connectivity index (χ3n) is 5.18. The first-order valence-corrected chi connectivity index (χ1v) is 11.6. The van der Waals surface area contributed by atoms with Gasteiger partial charge in [-0.25, -0.2) is 9.78 Å². The first kappa shape index (κ1) is 22.4. The van der Waals surface area contributed by atoms with Crippen LogP contribution in [0.15, 0.2) is 51.4 Å². The van der Waals surface area contributed by atoms with E-state index in [0.29, 0.717) is 24.4 Å². The summed E-state index contributed by atoms with van der Waals surface area (Å²) in [5.41, 5.74) is 9.61. The molecule has 2 aromatic carbocycles. The van der Waals surface area contributed by atoms with Gasteiger partial charge in [-0.15, -0.1) is 0 Å². The highest BCUT2D eigenvalue weighted by molar-refractivity contribution is 9.10. The highest BCUT2D eigenvalue weighted by atomic mass is 79.9. The Kier molecular flexibility index (Phi) is 6.58. The van der Waals surface area contributed by atoms with Crippen LogP contribution in [-0.2, 0) is 17.7 Å². The molecular weight excluding hydrogens is 494 g/mol. The second-order valence-corrected chi connectivity index (χ2v) is 8.54. The van der Waals surface area contributed by atoms with E-state index in [1.54, 1.807) is 6.92 Å². The first-order valence-electron chi connectivity index (χ1n) is 10.4. The number of carbonyl (C=O) groups excluding carboxylic acids is 1. The van der Waals surface area contributed by atoms with E-state index in [4.69, 9.17) is 26.5 Å². The van der Waals surface area contributed by atoms with E-state index in [1.807, 2.05) is 47.0 Å². The minimum absolute atomic E-state index is 0.166. The van der Waals surface area contributed by atoms with Gasteiger partial charge in [-0.3, -0.25) is 0 Å². The van der Waals surface area contributed by atoms with Gasteiger partial charge in [-0.1, -0.05) is 36.7 Å². The SMILES string of the molecule is CCCc1nc(Cl)c(C(=O)OCC)n1Cc1ccc2oc(-c3ccccc3N)c(Br)c2c1. The molecule has 0 spiro atoms. The Bertz CT molecular complexity index is 1300. The number of anilines is 1. The van der Waals surface area contributed by atoms with Crippen molar-refractivity contribution in [3.05, 3.63) is 69.2 Å². The fourth-order valence-electron chi connectivity index (χ4n) is 3.72. The van der Waals surface area contributed by atoms with Gasteiger partial charge in [0.1, 0.15) is 11.4 Å². The molecule has 0 aliphatic heterocycles. The maximum Gasteiger partial charge on any atom is 0.358 e. The fourth-order valence-corrected chi connectivity index (χ4v) is 4.60. The molecule has 32 heavy (non-hydrogen) atoms. The van der Waals surface area contributed by atoms with Crippen LogP contribution in [0.25, 0.3) is 22.3 Å². The molecule has 0 fully saturated rings. The Labute approximate surface area is 199 Å². The number of furan rings is 1. The second kappa shape index (κ2) is 9.38. The van der Waals surface area contributed by atoms with Crippen LogP contribution in [0.4, 0.5) is 5.69 Å². The Morgan fingerprint density at radius 3 is 2.75 bits per heavy atom. The van der Waals surface area contributed by atoms with Crippen molar-refractivity contribution in [2.24, 2.45) is 0 Å². The summed E-state index contributed by atoms with van der Waals surface area (Å²) >= 11 is 10.0. The summed E-state index contributed by atoms with van der Waals surface area (Å²) in [4.78, 5) is 17.0. The third-order valence-corrected chi connectivity index (χ3v) is 6.24. The average molecular weight is 517 g/mol. The highest BCUT2D eigenvalue weighted by Crippen LogP contribution is 2.40. The Morgan fingerprint density at radius 2 is 2.03 bits per heavy atom. The zero-order valence-electron chi connectivity index (χ0n) is 17.8. The molecule has 8 heteroatoms. The summed E-state index contributed by atoms with van der Waals surface area (Å²) in [6.45, 7) is 4.52. The Balaban J connectivity index is 1.76. The topological polar surface area (TPSA) is 83.3 Å². The van der Waals surface area contributed by atoms with Gasteiger partial charge in [-0.05, 0) is 59.1 Å². The Morgan fingerprint density at radius 1 is 1.25 bits per heavy atom. The number of halogens is 2. The number of aromatic nitrogens is 2. The van der Waals surface area contributed by atoms with Gasteiger partial charge in [0.15, 0.2) is 16.6 Å². The lowest BCUT2D eigenvalue weighted by molar-refractivity contribution is 0.0514. The number of hydrogen-bond acceptors (Lipinski definition) is 5. The molecule has 2 aromatic heterocycles. The predicted molar refractivity (Wildman–Crippen MR) is 130 cm³/mol. The number of aryl methyl sites for hydroxylation is 1. The third kappa shape index (κ3) is 4.14. The Hall–Kier alpha value is -2.77. The van der Waals surface area contributed by atoms with Crippen LogP contribution in [0.1, 0.15) is 42.1 Å². The quantitative estimate of drug-likeness (QED) is 0.225. The number of para-hydroxylation sites is 1. The minimum Gasteiger partial charge on any atom is -0.461 e. The molecule has 166 valence electrons. The van der Waals surface area contributed by atoms with Crippen molar-refractivity contribution >= 4 is 50.2 Å². The fraction of sp³-hybridized carbons (Fsp3) is 0.250. The number of fused-ring (bicyclic) bond motifs is 1. The smallest absolute Gasteiger partial charge is 0.358 e. The van der Waals surface area contributed by atoms with Gasteiger partial charge in [0.25, 0.3) is 0 Å². The van der Waals surface area contributed by atoms with Gasteiger partial charge in [-0.2, -0.15) is 0 Å². The van der Waals surface area contributed by atoms with E-state index in [1.165, 1.54) is 0 Å².